The van der Waals surface area contributed by atoms with Crippen LogP contribution in [0.3, 0.4) is 0 Å². The Morgan fingerprint density at radius 3 is 2.94 bits per heavy atom. The molecule has 0 saturated heterocycles. The maximum atomic E-state index is 13.1. The number of fused-ring (bicyclic) bond motifs is 1. The highest BCUT2D eigenvalue weighted by Gasteiger charge is 2.11. The number of rotatable bonds is 5. The molecule has 0 fully saturated rings. The maximum Gasteiger partial charge on any atom is 0.303 e. The van der Waals surface area contributed by atoms with E-state index in [4.69, 9.17) is 5.11 Å². The summed E-state index contributed by atoms with van der Waals surface area (Å²) in [4.78, 5) is 14.9. The van der Waals surface area contributed by atoms with E-state index in [1.807, 2.05) is 11.5 Å². The molecule has 1 N–H and O–H groups in total. The molecule has 96 valence electrons. The molecule has 0 radical (unpaired) electrons. The zero-order chi connectivity index (χ0) is 13.1. The van der Waals surface area contributed by atoms with Crippen molar-refractivity contribution in [3.8, 4) is 0 Å². The number of aryl methyl sites for hydroxylation is 2. The van der Waals surface area contributed by atoms with Crippen LogP contribution < -0.4 is 0 Å². The van der Waals surface area contributed by atoms with E-state index in [1.54, 1.807) is 6.07 Å². The van der Waals surface area contributed by atoms with Crippen molar-refractivity contribution in [2.75, 3.05) is 0 Å². The highest BCUT2D eigenvalue weighted by molar-refractivity contribution is 5.76. The van der Waals surface area contributed by atoms with Crippen molar-refractivity contribution >= 4 is 17.0 Å². The van der Waals surface area contributed by atoms with Crippen molar-refractivity contribution in [2.24, 2.45) is 0 Å². The fraction of sp³-hybridized carbons (Fsp3) is 0.385. The number of hydrogen-bond acceptors (Lipinski definition) is 2. The van der Waals surface area contributed by atoms with Crippen molar-refractivity contribution in [1.82, 2.24) is 9.55 Å². The van der Waals surface area contributed by atoms with Gasteiger partial charge in [0.2, 0.25) is 0 Å². The molecule has 2 rings (SSSR count). The van der Waals surface area contributed by atoms with E-state index in [-0.39, 0.29) is 12.2 Å². The third kappa shape index (κ3) is 2.50. The molecule has 0 saturated carbocycles. The molecule has 1 aromatic carbocycles. The summed E-state index contributed by atoms with van der Waals surface area (Å²) in [6.45, 7) is 2.80. The molecule has 2 aromatic rings. The Bertz CT molecular complexity index is 578. The molecule has 1 heterocycles. The van der Waals surface area contributed by atoms with E-state index in [0.717, 1.165) is 18.5 Å². The van der Waals surface area contributed by atoms with Crippen LogP contribution in [0.5, 0.6) is 0 Å². The number of nitrogens with zero attached hydrogens (tertiary/aromatic N) is 2. The number of hydrogen-bond donors (Lipinski definition) is 1. The summed E-state index contributed by atoms with van der Waals surface area (Å²) < 4.78 is 15.1. The summed E-state index contributed by atoms with van der Waals surface area (Å²) in [6.07, 6.45) is 1.32. The summed E-state index contributed by atoms with van der Waals surface area (Å²) in [6, 6.07) is 4.47. The van der Waals surface area contributed by atoms with Crippen molar-refractivity contribution in [3.63, 3.8) is 0 Å². The van der Waals surface area contributed by atoms with Gasteiger partial charge in [-0.15, -0.1) is 0 Å². The second-order valence-electron chi connectivity index (χ2n) is 4.21. The predicted octanol–water partition coefficient (Wildman–Crippen LogP) is 2.60. The van der Waals surface area contributed by atoms with Gasteiger partial charge in [0.15, 0.2) is 0 Å². The van der Waals surface area contributed by atoms with Crippen LogP contribution in [0.1, 0.15) is 25.6 Å². The average molecular weight is 250 g/mol. The van der Waals surface area contributed by atoms with Crippen molar-refractivity contribution in [1.29, 1.82) is 0 Å². The summed E-state index contributed by atoms with van der Waals surface area (Å²) in [5.41, 5.74) is 1.45. The zero-order valence-corrected chi connectivity index (χ0v) is 10.2. The number of aliphatic carboxylic acids is 1. The molecule has 0 amide bonds. The molecule has 18 heavy (non-hydrogen) atoms. The minimum absolute atomic E-state index is 0.0372. The minimum atomic E-state index is -0.851. The lowest BCUT2D eigenvalue weighted by Crippen LogP contribution is -2.06. The molecule has 0 aliphatic carbocycles. The predicted molar refractivity (Wildman–Crippen MR) is 65.9 cm³/mol. The third-order valence-corrected chi connectivity index (χ3v) is 2.80. The monoisotopic (exact) mass is 250 g/mol. The van der Waals surface area contributed by atoms with Crippen LogP contribution >= 0.6 is 0 Å². The van der Waals surface area contributed by atoms with Gasteiger partial charge in [-0.05, 0) is 18.6 Å². The standard InChI is InChI=1S/C13H15FN2O2/c1-2-7-16-11-4-3-9(14)8-10(11)15-12(16)5-6-13(17)18/h3-4,8H,2,5-7H2,1H3,(H,17,18). The Morgan fingerprint density at radius 1 is 1.50 bits per heavy atom. The smallest absolute Gasteiger partial charge is 0.303 e. The Kier molecular flexibility index (Phi) is 3.60. The van der Waals surface area contributed by atoms with Gasteiger partial charge in [0.25, 0.3) is 0 Å². The first-order valence-electron chi connectivity index (χ1n) is 5.98. The topological polar surface area (TPSA) is 55.1 Å². The zero-order valence-electron chi connectivity index (χ0n) is 10.2. The fourth-order valence-corrected chi connectivity index (χ4v) is 2.04. The fourth-order valence-electron chi connectivity index (χ4n) is 2.04. The Labute approximate surface area is 104 Å². The third-order valence-electron chi connectivity index (χ3n) is 2.80. The summed E-state index contributed by atoms with van der Waals surface area (Å²) in [5.74, 6) is -0.468. The first-order chi connectivity index (χ1) is 8.61. The van der Waals surface area contributed by atoms with Gasteiger partial charge >= 0.3 is 5.97 Å². The Morgan fingerprint density at radius 2 is 2.28 bits per heavy atom. The van der Waals surface area contributed by atoms with E-state index in [0.29, 0.717) is 17.8 Å². The molecular formula is C13H15FN2O2. The van der Waals surface area contributed by atoms with E-state index in [9.17, 15) is 9.18 Å². The SMILES string of the molecule is CCCn1c(CCC(=O)O)nc2cc(F)ccc21. The van der Waals surface area contributed by atoms with Gasteiger partial charge in [-0.1, -0.05) is 6.92 Å². The summed E-state index contributed by atoms with van der Waals surface area (Å²) in [7, 11) is 0. The largest absolute Gasteiger partial charge is 0.481 e. The second-order valence-corrected chi connectivity index (χ2v) is 4.21. The molecule has 0 unspecified atom stereocenters. The van der Waals surface area contributed by atoms with E-state index >= 15 is 0 Å². The number of aromatic nitrogens is 2. The van der Waals surface area contributed by atoms with Crippen LogP contribution in [0.25, 0.3) is 11.0 Å². The normalized spacial score (nSPS) is 11.0. The molecule has 5 heteroatoms. The minimum Gasteiger partial charge on any atom is -0.481 e. The first-order valence-corrected chi connectivity index (χ1v) is 5.98. The highest BCUT2D eigenvalue weighted by Crippen LogP contribution is 2.19. The number of carbonyl (C=O) groups is 1. The van der Waals surface area contributed by atoms with E-state index in [2.05, 4.69) is 4.98 Å². The van der Waals surface area contributed by atoms with Crippen LogP contribution in [0.2, 0.25) is 0 Å². The molecule has 0 spiro atoms. The Balaban J connectivity index is 2.43. The second kappa shape index (κ2) is 5.16. The lowest BCUT2D eigenvalue weighted by Gasteiger charge is -2.06. The van der Waals surface area contributed by atoms with Crippen LogP contribution in [-0.4, -0.2) is 20.6 Å². The molecule has 0 aliphatic heterocycles. The van der Waals surface area contributed by atoms with Gasteiger partial charge in [0.1, 0.15) is 11.6 Å². The van der Waals surface area contributed by atoms with Crippen LogP contribution in [0.4, 0.5) is 4.39 Å². The van der Waals surface area contributed by atoms with Gasteiger partial charge in [-0.2, -0.15) is 0 Å². The molecular weight excluding hydrogens is 235 g/mol. The Hall–Kier alpha value is -1.91. The van der Waals surface area contributed by atoms with Gasteiger partial charge in [-0.3, -0.25) is 4.79 Å². The van der Waals surface area contributed by atoms with E-state index < -0.39 is 5.97 Å². The van der Waals surface area contributed by atoms with Crippen molar-refractivity contribution in [2.45, 2.75) is 32.7 Å². The van der Waals surface area contributed by atoms with Gasteiger partial charge in [0.05, 0.1) is 17.5 Å². The lowest BCUT2D eigenvalue weighted by atomic mass is 10.3. The average Bonchev–Trinajstić information content (AvgIpc) is 2.64. The quantitative estimate of drug-likeness (QED) is 0.887. The molecule has 0 aliphatic rings. The first kappa shape index (κ1) is 12.5. The number of carboxylic acid groups (broad SMARTS) is 1. The van der Waals surface area contributed by atoms with Crippen molar-refractivity contribution < 1.29 is 14.3 Å². The number of carboxylic acids is 1. The van der Waals surface area contributed by atoms with Crippen LogP contribution in [-0.2, 0) is 17.8 Å². The number of benzene rings is 1. The van der Waals surface area contributed by atoms with E-state index in [1.165, 1.54) is 12.1 Å². The molecule has 0 bridgehead atoms. The summed E-state index contributed by atoms with van der Waals surface area (Å²) in [5, 5.41) is 8.72. The van der Waals surface area contributed by atoms with Gasteiger partial charge in [0, 0.05) is 19.0 Å². The molecule has 4 nitrogen and oxygen atoms in total. The van der Waals surface area contributed by atoms with Gasteiger partial charge in [-0.25, -0.2) is 9.37 Å². The number of imidazole rings is 1. The molecule has 1 aromatic heterocycles. The summed E-state index contributed by atoms with van der Waals surface area (Å²) >= 11 is 0. The van der Waals surface area contributed by atoms with Gasteiger partial charge < -0.3 is 9.67 Å². The number of halogens is 1. The van der Waals surface area contributed by atoms with Crippen molar-refractivity contribution in [3.05, 3.63) is 29.8 Å². The lowest BCUT2D eigenvalue weighted by molar-refractivity contribution is -0.137. The van der Waals surface area contributed by atoms with Crippen LogP contribution in [0.15, 0.2) is 18.2 Å². The van der Waals surface area contributed by atoms with Crippen LogP contribution in [0, 0.1) is 5.82 Å². The highest BCUT2D eigenvalue weighted by atomic mass is 19.1. The molecule has 0 atom stereocenters. The maximum absolute atomic E-state index is 13.1.